The number of nitrogens with two attached hydrogens (primary N) is 1. The van der Waals surface area contributed by atoms with Gasteiger partial charge in [-0.25, -0.2) is 18.5 Å². The summed E-state index contributed by atoms with van der Waals surface area (Å²) in [5.74, 6) is 0. The van der Waals surface area contributed by atoms with Gasteiger partial charge in [-0.05, 0) is 12.5 Å². The minimum atomic E-state index is -3.84. The number of benzene rings is 1. The third-order valence-corrected chi connectivity index (χ3v) is 6.87. The van der Waals surface area contributed by atoms with Crippen LogP contribution in [-0.2, 0) is 45.9 Å². The van der Waals surface area contributed by atoms with Crippen LogP contribution < -0.4 is 5.14 Å². The molecular weight excluding hydrogens is 472 g/mol. The van der Waals surface area contributed by atoms with E-state index in [4.69, 9.17) is 28.8 Å². The third-order valence-electron chi connectivity index (χ3n) is 4.21. The lowest BCUT2D eigenvalue weighted by Gasteiger charge is -2.20. The Hall–Kier alpha value is -1.48. The van der Waals surface area contributed by atoms with Crippen molar-refractivity contribution in [1.29, 1.82) is 0 Å². The van der Waals surface area contributed by atoms with Crippen LogP contribution in [0, 0.1) is 0 Å². The van der Waals surface area contributed by atoms with Crippen molar-refractivity contribution in [3.63, 3.8) is 0 Å². The number of hydrogen-bond acceptors (Lipinski definition) is 10. The van der Waals surface area contributed by atoms with Crippen LogP contribution in [-0.4, -0.2) is 78.0 Å². The Morgan fingerprint density at radius 1 is 0.909 bits per heavy atom. The fourth-order valence-electron chi connectivity index (χ4n) is 2.51. The van der Waals surface area contributed by atoms with Crippen molar-refractivity contribution in [2.45, 2.75) is 23.3 Å². The van der Waals surface area contributed by atoms with Crippen LogP contribution in [0.2, 0.25) is 0 Å². The summed E-state index contributed by atoms with van der Waals surface area (Å²) in [5.41, 5.74) is -0.293. The van der Waals surface area contributed by atoms with E-state index in [0.717, 1.165) is 23.1 Å². The number of aromatic nitrogens is 1. The molecule has 1 unspecified atom stereocenters. The van der Waals surface area contributed by atoms with Crippen LogP contribution in [0.25, 0.3) is 0 Å². The standard InChI is InChI=1S/C21H32N2O8S2/c1-21(24,20-23-15-19(32-20)33(22,25)26)17-31-14-12-29-10-8-27-7-9-28-11-13-30-16-18-5-3-2-4-6-18/h2-6,15,24H,7-14,16-17H2,1H3,(H2,22,25,26). The van der Waals surface area contributed by atoms with Crippen LogP contribution in [0.4, 0.5) is 0 Å². The molecule has 1 aromatic heterocycles. The summed E-state index contributed by atoms with van der Waals surface area (Å²) in [7, 11) is -3.84. The Balaban J connectivity index is 1.38. The summed E-state index contributed by atoms with van der Waals surface area (Å²) < 4.78 is 49.7. The van der Waals surface area contributed by atoms with E-state index in [1.54, 1.807) is 0 Å². The Morgan fingerprint density at radius 2 is 1.42 bits per heavy atom. The first-order chi connectivity index (χ1) is 15.8. The highest BCUT2D eigenvalue weighted by Crippen LogP contribution is 2.27. The molecule has 1 atom stereocenters. The summed E-state index contributed by atoms with van der Waals surface area (Å²) in [4.78, 5) is 3.92. The maximum atomic E-state index is 11.3. The van der Waals surface area contributed by atoms with Gasteiger partial charge in [-0.15, -0.1) is 11.3 Å². The van der Waals surface area contributed by atoms with Gasteiger partial charge in [0.2, 0.25) is 10.0 Å². The van der Waals surface area contributed by atoms with Crippen molar-refractivity contribution in [3.05, 3.63) is 47.1 Å². The zero-order valence-corrected chi connectivity index (χ0v) is 20.3. The van der Waals surface area contributed by atoms with E-state index in [1.807, 2.05) is 30.3 Å². The van der Waals surface area contributed by atoms with Gasteiger partial charge >= 0.3 is 0 Å². The van der Waals surface area contributed by atoms with Crippen LogP contribution in [0.5, 0.6) is 0 Å². The number of rotatable bonds is 18. The van der Waals surface area contributed by atoms with Crippen LogP contribution in [0.15, 0.2) is 40.7 Å². The lowest BCUT2D eigenvalue weighted by Crippen LogP contribution is -2.28. The molecular formula is C21H32N2O8S2. The predicted octanol–water partition coefficient (Wildman–Crippen LogP) is 1.28. The summed E-state index contributed by atoms with van der Waals surface area (Å²) in [6.07, 6.45) is 1.12. The molecule has 0 spiro atoms. The van der Waals surface area contributed by atoms with Crippen LogP contribution >= 0.6 is 11.3 Å². The van der Waals surface area contributed by atoms with Crippen LogP contribution in [0.3, 0.4) is 0 Å². The molecule has 186 valence electrons. The van der Waals surface area contributed by atoms with Crippen molar-refractivity contribution in [2.75, 3.05) is 59.5 Å². The van der Waals surface area contributed by atoms with E-state index < -0.39 is 15.6 Å². The number of primary sulfonamides is 1. The molecule has 1 aromatic carbocycles. The molecule has 0 fully saturated rings. The number of ether oxygens (including phenoxy) is 5. The van der Waals surface area contributed by atoms with Gasteiger partial charge in [0.1, 0.15) is 10.6 Å². The molecule has 0 saturated carbocycles. The zero-order chi connectivity index (χ0) is 24.0. The number of nitrogens with zero attached hydrogens (tertiary/aromatic N) is 1. The highest BCUT2D eigenvalue weighted by Gasteiger charge is 2.29. The van der Waals surface area contributed by atoms with E-state index in [2.05, 4.69) is 4.98 Å². The highest BCUT2D eigenvalue weighted by atomic mass is 32.2. The predicted molar refractivity (Wildman–Crippen MR) is 122 cm³/mol. The molecule has 0 aliphatic heterocycles. The smallest absolute Gasteiger partial charge is 0.249 e. The van der Waals surface area contributed by atoms with E-state index >= 15 is 0 Å². The van der Waals surface area contributed by atoms with Gasteiger partial charge in [-0.3, -0.25) is 0 Å². The normalized spacial score (nSPS) is 13.8. The van der Waals surface area contributed by atoms with Crippen molar-refractivity contribution in [1.82, 2.24) is 4.98 Å². The second-order valence-electron chi connectivity index (χ2n) is 7.23. The van der Waals surface area contributed by atoms with E-state index in [9.17, 15) is 13.5 Å². The number of sulfonamides is 1. The molecule has 33 heavy (non-hydrogen) atoms. The van der Waals surface area contributed by atoms with Gasteiger partial charge in [0.25, 0.3) is 0 Å². The van der Waals surface area contributed by atoms with E-state index in [1.165, 1.54) is 6.92 Å². The zero-order valence-electron chi connectivity index (χ0n) is 18.7. The SMILES string of the molecule is CC(O)(COCCOCCOCCOCCOCc1ccccc1)c1ncc(S(N)(=O)=O)s1. The minimum absolute atomic E-state index is 0.0587. The average Bonchev–Trinajstić information content (AvgIpc) is 3.29. The van der Waals surface area contributed by atoms with Crippen molar-refractivity contribution in [2.24, 2.45) is 5.14 Å². The summed E-state index contributed by atoms with van der Waals surface area (Å²) in [5, 5.41) is 15.7. The van der Waals surface area contributed by atoms with Gasteiger partial charge in [0.15, 0.2) is 4.21 Å². The minimum Gasteiger partial charge on any atom is -0.381 e. The third kappa shape index (κ3) is 11.5. The average molecular weight is 505 g/mol. The Kier molecular flexibility index (Phi) is 12.4. The number of aliphatic hydroxyl groups is 1. The van der Waals surface area contributed by atoms with Crippen LogP contribution in [0.1, 0.15) is 17.5 Å². The van der Waals surface area contributed by atoms with Gasteiger partial charge in [-0.2, -0.15) is 0 Å². The maximum absolute atomic E-state index is 11.3. The topological polar surface area (TPSA) is 139 Å². The van der Waals surface area contributed by atoms with Gasteiger partial charge in [0, 0.05) is 0 Å². The second kappa shape index (κ2) is 14.7. The molecule has 0 bridgehead atoms. The van der Waals surface area contributed by atoms with Crippen molar-refractivity contribution < 1.29 is 37.2 Å². The molecule has 10 nitrogen and oxygen atoms in total. The maximum Gasteiger partial charge on any atom is 0.249 e. The number of thiazole rings is 1. The first kappa shape index (κ1) is 27.8. The fraction of sp³-hybridized carbons (Fsp3) is 0.571. The lowest BCUT2D eigenvalue weighted by molar-refractivity contribution is -0.0563. The summed E-state index contributed by atoms with van der Waals surface area (Å²) in [6, 6.07) is 9.97. The first-order valence-electron chi connectivity index (χ1n) is 10.4. The number of hydrogen-bond donors (Lipinski definition) is 2. The quantitative estimate of drug-likeness (QED) is 0.287. The molecule has 0 aliphatic rings. The van der Waals surface area contributed by atoms with Gasteiger partial charge < -0.3 is 28.8 Å². The molecule has 12 heteroatoms. The van der Waals surface area contributed by atoms with Crippen molar-refractivity contribution in [3.8, 4) is 0 Å². The molecule has 1 heterocycles. The lowest BCUT2D eigenvalue weighted by atomic mass is 10.1. The summed E-state index contributed by atoms with van der Waals surface area (Å²) >= 11 is 0.813. The second-order valence-corrected chi connectivity index (χ2v) is 10.1. The Morgan fingerprint density at radius 3 is 1.94 bits per heavy atom. The largest absolute Gasteiger partial charge is 0.381 e. The van der Waals surface area contributed by atoms with E-state index in [0.29, 0.717) is 52.9 Å². The monoisotopic (exact) mass is 504 g/mol. The molecule has 0 amide bonds. The highest BCUT2D eigenvalue weighted by molar-refractivity contribution is 7.91. The molecule has 3 N–H and O–H groups in total. The first-order valence-corrected chi connectivity index (χ1v) is 12.8. The fourth-order valence-corrected chi connectivity index (χ4v) is 4.10. The Bertz CT molecular complexity index is 891. The molecule has 2 aromatic rings. The van der Waals surface area contributed by atoms with Gasteiger partial charge in [-0.1, -0.05) is 30.3 Å². The molecule has 0 aliphatic carbocycles. The molecule has 0 radical (unpaired) electrons. The summed E-state index contributed by atoms with van der Waals surface area (Å²) in [6.45, 7) is 5.42. The van der Waals surface area contributed by atoms with Crippen molar-refractivity contribution >= 4 is 21.4 Å². The van der Waals surface area contributed by atoms with E-state index in [-0.39, 0.29) is 22.4 Å². The molecule has 0 saturated heterocycles. The molecule has 2 rings (SSSR count). The van der Waals surface area contributed by atoms with Gasteiger partial charge in [0.05, 0.1) is 72.3 Å². The Labute approximate surface area is 198 Å².